The van der Waals surface area contributed by atoms with Crippen LogP contribution in [0.25, 0.3) is 21.9 Å². The summed E-state index contributed by atoms with van der Waals surface area (Å²) in [6.45, 7) is 0.00323. The fourth-order valence-electron chi connectivity index (χ4n) is 4.04. The number of carbonyl (C=O) groups is 1. The number of benzene rings is 3. The number of carboxylic acids is 1. The van der Waals surface area contributed by atoms with Crippen LogP contribution in [-0.4, -0.2) is 50.3 Å². The lowest BCUT2D eigenvalue weighted by molar-refractivity contribution is -0.202. The van der Waals surface area contributed by atoms with Crippen molar-refractivity contribution in [2.24, 2.45) is 0 Å². The van der Waals surface area contributed by atoms with Crippen molar-refractivity contribution >= 4 is 16.7 Å². The molecule has 156 valence electrons. The SMILES string of the molecule is O=C(O)C1(OCc2cccc(-c3ccc4ccccc4c3)c2)C[C@@H](O)C(O)[C@H](O)C1. The Morgan fingerprint density at radius 2 is 1.53 bits per heavy atom. The van der Waals surface area contributed by atoms with Crippen LogP contribution in [0.3, 0.4) is 0 Å². The summed E-state index contributed by atoms with van der Waals surface area (Å²) in [4.78, 5) is 11.9. The van der Waals surface area contributed by atoms with Gasteiger partial charge >= 0.3 is 5.97 Å². The molecule has 0 aliphatic heterocycles. The molecule has 0 aromatic heterocycles. The molecule has 0 spiro atoms. The van der Waals surface area contributed by atoms with E-state index < -0.39 is 29.9 Å². The van der Waals surface area contributed by atoms with E-state index in [1.807, 2.05) is 42.5 Å². The first kappa shape index (κ1) is 20.5. The van der Waals surface area contributed by atoms with Crippen molar-refractivity contribution in [2.75, 3.05) is 0 Å². The molecule has 1 fully saturated rings. The quantitative estimate of drug-likeness (QED) is 0.517. The Labute approximate surface area is 174 Å². The number of aliphatic hydroxyl groups excluding tert-OH is 3. The molecule has 3 aromatic carbocycles. The summed E-state index contributed by atoms with van der Waals surface area (Å²) in [7, 11) is 0. The van der Waals surface area contributed by atoms with Gasteiger partial charge in [-0.25, -0.2) is 4.79 Å². The molecule has 30 heavy (non-hydrogen) atoms. The normalized spacial score (nSPS) is 26.6. The summed E-state index contributed by atoms with van der Waals surface area (Å²) >= 11 is 0. The van der Waals surface area contributed by atoms with Gasteiger partial charge in [0.25, 0.3) is 0 Å². The van der Waals surface area contributed by atoms with E-state index in [0.29, 0.717) is 0 Å². The van der Waals surface area contributed by atoms with Crippen LogP contribution in [0.4, 0.5) is 0 Å². The van der Waals surface area contributed by atoms with E-state index in [0.717, 1.165) is 27.5 Å². The number of aliphatic carboxylic acids is 1. The van der Waals surface area contributed by atoms with Gasteiger partial charge in [0.1, 0.15) is 6.10 Å². The minimum Gasteiger partial charge on any atom is -0.479 e. The second kappa shape index (κ2) is 8.16. The third kappa shape index (κ3) is 3.95. The van der Waals surface area contributed by atoms with Crippen LogP contribution in [0.1, 0.15) is 18.4 Å². The highest BCUT2D eigenvalue weighted by Gasteiger charge is 2.50. The topological polar surface area (TPSA) is 107 Å². The predicted octanol–water partition coefficient (Wildman–Crippen LogP) is 2.72. The lowest BCUT2D eigenvalue weighted by atomic mass is 9.79. The molecule has 6 nitrogen and oxygen atoms in total. The Morgan fingerprint density at radius 1 is 0.867 bits per heavy atom. The molecule has 2 atom stereocenters. The Kier molecular flexibility index (Phi) is 5.58. The van der Waals surface area contributed by atoms with Gasteiger partial charge in [0.15, 0.2) is 5.60 Å². The highest BCUT2D eigenvalue weighted by Crippen LogP contribution is 2.34. The monoisotopic (exact) mass is 408 g/mol. The van der Waals surface area contributed by atoms with Gasteiger partial charge in [-0.15, -0.1) is 0 Å². The van der Waals surface area contributed by atoms with Crippen molar-refractivity contribution in [1.29, 1.82) is 0 Å². The first-order chi connectivity index (χ1) is 14.4. The molecule has 4 rings (SSSR count). The Bertz CT molecular complexity index is 1050. The lowest BCUT2D eigenvalue weighted by Crippen LogP contribution is -2.57. The van der Waals surface area contributed by atoms with E-state index in [4.69, 9.17) is 4.74 Å². The lowest BCUT2D eigenvalue weighted by Gasteiger charge is -2.40. The first-order valence-electron chi connectivity index (χ1n) is 9.88. The average molecular weight is 408 g/mol. The maximum absolute atomic E-state index is 11.9. The summed E-state index contributed by atoms with van der Waals surface area (Å²) in [6, 6.07) is 21.9. The van der Waals surface area contributed by atoms with Crippen LogP contribution in [0.5, 0.6) is 0 Å². The van der Waals surface area contributed by atoms with Crippen LogP contribution >= 0.6 is 0 Å². The number of ether oxygens (including phenoxy) is 1. The fraction of sp³-hybridized carbons (Fsp3) is 0.292. The minimum absolute atomic E-state index is 0.00323. The Hall–Kier alpha value is -2.77. The molecule has 0 amide bonds. The standard InChI is InChI=1S/C24H24O6/c25-20-12-24(23(28)29,13-21(26)22(20)27)30-14-15-4-3-7-17(10-15)19-9-8-16-5-1-2-6-18(16)11-19/h1-11,20-22,25-27H,12-14H2,(H,28,29)/t20-,21-,22?,24?/m1/s1. The number of hydrogen-bond acceptors (Lipinski definition) is 5. The van der Waals surface area contributed by atoms with E-state index in [1.54, 1.807) is 0 Å². The second-order valence-electron chi connectivity index (χ2n) is 7.88. The van der Waals surface area contributed by atoms with Crippen molar-refractivity contribution in [3.8, 4) is 11.1 Å². The number of carboxylic acid groups (broad SMARTS) is 1. The third-order valence-electron chi connectivity index (χ3n) is 5.78. The molecule has 3 aromatic rings. The summed E-state index contributed by atoms with van der Waals surface area (Å²) in [5.74, 6) is -1.27. The largest absolute Gasteiger partial charge is 0.479 e. The number of fused-ring (bicyclic) bond motifs is 1. The summed E-state index contributed by atoms with van der Waals surface area (Å²) in [5.41, 5.74) is 1.04. The van der Waals surface area contributed by atoms with Crippen LogP contribution in [-0.2, 0) is 16.1 Å². The molecule has 0 bridgehead atoms. The van der Waals surface area contributed by atoms with Gasteiger partial charge in [-0.1, -0.05) is 54.6 Å². The molecule has 1 aliphatic rings. The number of rotatable bonds is 5. The highest BCUT2D eigenvalue weighted by molar-refractivity contribution is 5.87. The van der Waals surface area contributed by atoms with E-state index in [-0.39, 0.29) is 19.4 Å². The predicted molar refractivity (Wildman–Crippen MR) is 112 cm³/mol. The Balaban J connectivity index is 1.56. The summed E-state index contributed by atoms with van der Waals surface area (Å²) in [6.07, 6.45) is -4.68. The zero-order valence-electron chi connectivity index (χ0n) is 16.3. The van der Waals surface area contributed by atoms with E-state index in [9.17, 15) is 25.2 Å². The van der Waals surface area contributed by atoms with Crippen molar-refractivity contribution < 1.29 is 30.0 Å². The van der Waals surface area contributed by atoms with Crippen molar-refractivity contribution in [3.05, 3.63) is 72.3 Å². The highest BCUT2D eigenvalue weighted by atomic mass is 16.5. The molecule has 0 unspecified atom stereocenters. The van der Waals surface area contributed by atoms with Crippen molar-refractivity contribution in [2.45, 2.75) is 43.4 Å². The minimum atomic E-state index is -1.75. The number of aliphatic hydroxyl groups is 3. The van der Waals surface area contributed by atoms with Gasteiger partial charge in [0.2, 0.25) is 0 Å². The molecular weight excluding hydrogens is 384 g/mol. The van der Waals surface area contributed by atoms with E-state index in [2.05, 4.69) is 24.3 Å². The van der Waals surface area contributed by atoms with E-state index in [1.165, 1.54) is 0 Å². The van der Waals surface area contributed by atoms with Crippen LogP contribution in [0, 0.1) is 0 Å². The fourth-order valence-corrected chi connectivity index (χ4v) is 4.04. The zero-order valence-corrected chi connectivity index (χ0v) is 16.3. The Morgan fingerprint density at radius 3 is 2.23 bits per heavy atom. The van der Waals surface area contributed by atoms with Gasteiger partial charge in [-0.2, -0.15) is 0 Å². The second-order valence-corrected chi connectivity index (χ2v) is 7.88. The van der Waals surface area contributed by atoms with Crippen LogP contribution < -0.4 is 0 Å². The van der Waals surface area contributed by atoms with Gasteiger partial charge in [-0.05, 0) is 39.6 Å². The summed E-state index contributed by atoms with van der Waals surface area (Å²) < 4.78 is 5.74. The summed E-state index contributed by atoms with van der Waals surface area (Å²) in [5, 5.41) is 41.6. The molecule has 1 aliphatic carbocycles. The first-order valence-corrected chi connectivity index (χ1v) is 9.88. The maximum Gasteiger partial charge on any atom is 0.336 e. The van der Waals surface area contributed by atoms with Crippen molar-refractivity contribution in [1.82, 2.24) is 0 Å². The van der Waals surface area contributed by atoms with Gasteiger partial charge in [-0.3, -0.25) is 0 Å². The van der Waals surface area contributed by atoms with Gasteiger partial charge < -0.3 is 25.2 Å². The maximum atomic E-state index is 11.9. The molecule has 4 N–H and O–H groups in total. The van der Waals surface area contributed by atoms with Crippen LogP contribution in [0.15, 0.2) is 66.7 Å². The molecule has 0 radical (unpaired) electrons. The average Bonchev–Trinajstić information content (AvgIpc) is 2.75. The third-order valence-corrected chi connectivity index (χ3v) is 5.78. The van der Waals surface area contributed by atoms with Gasteiger partial charge in [0, 0.05) is 12.8 Å². The van der Waals surface area contributed by atoms with Crippen LogP contribution in [0.2, 0.25) is 0 Å². The molecule has 1 saturated carbocycles. The zero-order chi connectivity index (χ0) is 21.3. The molecule has 6 heteroatoms. The molecule has 0 heterocycles. The number of hydrogen-bond donors (Lipinski definition) is 4. The molecular formula is C24H24O6. The van der Waals surface area contributed by atoms with E-state index >= 15 is 0 Å². The van der Waals surface area contributed by atoms with Crippen molar-refractivity contribution in [3.63, 3.8) is 0 Å². The molecule has 0 saturated heterocycles. The smallest absolute Gasteiger partial charge is 0.336 e. The van der Waals surface area contributed by atoms with Gasteiger partial charge in [0.05, 0.1) is 18.8 Å².